The summed E-state index contributed by atoms with van der Waals surface area (Å²) < 4.78 is 11.4. The lowest BCUT2D eigenvalue weighted by Crippen LogP contribution is -2.48. The lowest BCUT2D eigenvalue weighted by Gasteiger charge is -2.39. The van der Waals surface area contributed by atoms with Crippen LogP contribution in [0.5, 0.6) is 0 Å². The number of aliphatic hydroxyl groups is 3. The van der Waals surface area contributed by atoms with Gasteiger partial charge in [0.05, 0.1) is 24.6 Å². The van der Waals surface area contributed by atoms with E-state index in [2.05, 4.69) is 9.88 Å². The van der Waals surface area contributed by atoms with E-state index in [1.807, 2.05) is 13.8 Å². The van der Waals surface area contributed by atoms with Crippen molar-refractivity contribution in [2.75, 3.05) is 31.2 Å². The SMILES string of the molecule is CC.Cc1nc(C(=O)NC(O)(O)O)ccc1N1CCC2(CC1)OCCO2. The van der Waals surface area contributed by atoms with Crippen molar-refractivity contribution in [3.63, 3.8) is 0 Å². The van der Waals surface area contributed by atoms with Crippen LogP contribution < -0.4 is 10.2 Å². The molecule has 1 aromatic heterocycles. The van der Waals surface area contributed by atoms with Gasteiger partial charge < -0.3 is 29.7 Å². The number of carbonyl (C=O) groups excluding carboxylic acids is 1. The summed E-state index contributed by atoms with van der Waals surface area (Å²) in [4.78, 5) is 18.1. The van der Waals surface area contributed by atoms with E-state index < -0.39 is 17.8 Å². The summed E-state index contributed by atoms with van der Waals surface area (Å²) in [7, 11) is 0. The largest absolute Gasteiger partial charge is 0.370 e. The van der Waals surface area contributed by atoms with Gasteiger partial charge in [-0.05, 0) is 19.1 Å². The smallest absolute Gasteiger partial charge is 0.369 e. The third-order valence-corrected chi connectivity index (χ3v) is 4.25. The van der Waals surface area contributed by atoms with Crippen LogP contribution >= 0.6 is 0 Å². The molecule has 1 aromatic rings. The standard InChI is InChI=1S/C15H21N3O6.C2H6/c1-10-12(3-2-11(16-10)13(19)17-15(20,21)22)18-6-4-14(5-7-18)23-8-9-24-14;1-2/h2-3,20-22H,4-9H2,1H3,(H,17,19);1-2H3. The molecule has 0 aromatic carbocycles. The van der Waals surface area contributed by atoms with Crippen LogP contribution in [0.2, 0.25) is 0 Å². The van der Waals surface area contributed by atoms with Crippen molar-refractivity contribution < 1.29 is 29.6 Å². The second-order valence-corrected chi connectivity index (χ2v) is 5.99. The number of hydrogen-bond acceptors (Lipinski definition) is 8. The molecule has 0 unspecified atom stereocenters. The van der Waals surface area contributed by atoms with Crippen molar-refractivity contribution in [3.05, 3.63) is 23.5 Å². The zero-order valence-electron chi connectivity index (χ0n) is 15.4. The van der Waals surface area contributed by atoms with Crippen LogP contribution in [-0.4, -0.2) is 64.4 Å². The average molecular weight is 369 g/mol. The summed E-state index contributed by atoms with van der Waals surface area (Å²) in [6.45, 7) is 8.53. The van der Waals surface area contributed by atoms with Crippen LogP contribution in [0.1, 0.15) is 42.9 Å². The summed E-state index contributed by atoms with van der Waals surface area (Å²) in [5, 5.41) is 28.0. The number of nitrogens with one attached hydrogen (secondary N) is 1. The van der Waals surface area contributed by atoms with E-state index in [-0.39, 0.29) is 5.69 Å². The summed E-state index contributed by atoms with van der Waals surface area (Å²) >= 11 is 0. The second-order valence-electron chi connectivity index (χ2n) is 5.99. The van der Waals surface area contributed by atoms with Crippen LogP contribution in [0.4, 0.5) is 5.69 Å². The molecule has 0 saturated carbocycles. The first-order chi connectivity index (χ1) is 12.3. The lowest BCUT2D eigenvalue weighted by molar-refractivity contribution is -0.323. The van der Waals surface area contributed by atoms with Gasteiger partial charge >= 0.3 is 6.10 Å². The fourth-order valence-corrected chi connectivity index (χ4v) is 3.10. The molecular weight excluding hydrogens is 342 g/mol. The molecular formula is C17H27N3O6. The van der Waals surface area contributed by atoms with Crippen molar-refractivity contribution in [1.29, 1.82) is 0 Å². The fraction of sp³-hybridized carbons (Fsp3) is 0.647. The third-order valence-electron chi connectivity index (χ3n) is 4.25. The molecule has 0 aliphatic carbocycles. The lowest BCUT2D eigenvalue weighted by atomic mass is 10.0. The molecule has 0 atom stereocenters. The first-order valence-corrected chi connectivity index (χ1v) is 8.78. The van der Waals surface area contributed by atoms with E-state index in [0.717, 1.165) is 31.6 Å². The molecule has 146 valence electrons. The molecule has 2 aliphatic heterocycles. The van der Waals surface area contributed by atoms with Gasteiger partial charge in [-0.25, -0.2) is 4.98 Å². The van der Waals surface area contributed by atoms with Crippen LogP contribution in [0.3, 0.4) is 0 Å². The average Bonchev–Trinajstić information content (AvgIpc) is 3.04. The minimum atomic E-state index is -3.27. The maximum atomic E-state index is 11.8. The molecule has 9 heteroatoms. The molecule has 26 heavy (non-hydrogen) atoms. The second kappa shape index (κ2) is 8.28. The predicted molar refractivity (Wildman–Crippen MR) is 93.3 cm³/mol. The predicted octanol–water partition coefficient (Wildman–Crippen LogP) is 0.0775. The molecule has 4 N–H and O–H groups in total. The molecule has 2 saturated heterocycles. The Morgan fingerprint density at radius 1 is 1.19 bits per heavy atom. The van der Waals surface area contributed by atoms with Gasteiger partial charge in [0.15, 0.2) is 5.79 Å². The van der Waals surface area contributed by atoms with Gasteiger partial charge in [-0.2, -0.15) is 0 Å². The first kappa shape index (κ1) is 20.5. The molecule has 0 radical (unpaired) electrons. The van der Waals surface area contributed by atoms with E-state index in [4.69, 9.17) is 24.8 Å². The van der Waals surface area contributed by atoms with Crippen molar-refractivity contribution >= 4 is 11.6 Å². The summed E-state index contributed by atoms with van der Waals surface area (Å²) in [5.41, 5.74) is 1.50. The number of carbonyl (C=O) groups is 1. The van der Waals surface area contributed by atoms with Crippen LogP contribution in [-0.2, 0) is 9.47 Å². The minimum Gasteiger partial charge on any atom is -0.370 e. The quantitative estimate of drug-likeness (QED) is 0.552. The van der Waals surface area contributed by atoms with E-state index in [9.17, 15) is 4.79 Å². The number of ether oxygens (including phenoxy) is 2. The third kappa shape index (κ3) is 4.89. The van der Waals surface area contributed by atoms with Gasteiger partial charge in [-0.15, -0.1) is 0 Å². The summed E-state index contributed by atoms with van der Waals surface area (Å²) in [6.07, 6.45) is -1.75. The number of rotatable bonds is 3. The number of aryl methyl sites for hydroxylation is 1. The Morgan fingerprint density at radius 3 is 2.27 bits per heavy atom. The zero-order chi connectivity index (χ0) is 19.4. The molecule has 2 aliphatic rings. The highest BCUT2D eigenvalue weighted by Gasteiger charge is 2.40. The van der Waals surface area contributed by atoms with Crippen LogP contribution in [0.25, 0.3) is 0 Å². The van der Waals surface area contributed by atoms with Gasteiger partial charge in [-0.1, -0.05) is 13.8 Å². The van der Waals surface area contributed by atoms with E-state index in [0.29, 0.717) is 18.9 Å². The minimum absolute atomic E-state index is 0.0197. The van der Waals surface area contributed by atoms with E-state index in [1.165, 1.54) is 6.07 Å². The molecule has 1 amide bonds. The number of hydrogen-bond donors (Lipinski definition) is 4. The molecule has 1 spiro atoms. The Hall–Kier alpha value is -1.78. The highest BCUT2D eigenvalue weighted by atomic mass is 16.7. The number of aromatic nitrogens is 1. The fourth-order valence-electron chi connectivity index (χ4n) is 3.10. The van der Waals surface area contributed by atoms with Gasteiger partial charge in [0.25, 0.3) is 5.91 Å². The monoisotopic (exact) mass is 369 g/mol. The first-order valence-electron chi connectivity index (χ1n) is 8.78. The number of pyridine rings is 1. The highest BCUT2D eigenvalue weighted by Crippen LogP contribution is 2.33. The molecule has 3 heterocycles. The number of piperidine rings is 1. The molecule has 3 rings (SSSR count). The van der Waals surface area contributed by atoms with Crippen LogP contribution in [0.15, 0.2) is 12.1 Å². The van der Waals surface area contributed by atoms with Crippen molar-refractivity contribution in [2.24, 2.45) is 0 Å². The van der Waals surface area contributed by atoms with Gasteiger partial charge in [0.2, 0.25) is 0 Å². The summed E-state index contributed by atoms with van der Waals surface area (Å²) in [6, 6.07) is 3.22. The van der Waals surface area contributed by atoms with E-state index in [1.54, 1.807) is 18.3 Å². The summed E-state index contributed by atoms with van der Waals surface area (Å²) in [5.74, 6) is -1.34. The zero-order valence-corrected chi connectivity index (χ0v) is 15.4. The Kier molecular flexibility index (Phi) is 6.53. The normalized spacial score (nSPS) is 19.1. The highest BCUT2D eigenvalue weighted by molar-refractivity contribution is 5.92. The van der Waals surface area contributed by atoms with Crippen LogP contribution in [0, 0.1) is 6.92 Å². The maximum Gasteiger partial charge on any atom is 0.369 e. The van der Waals surface area contributed by atoms with Crippen molar-refractivity contribution in [2.45, 2.75) is 45.5 Å². The topological polar surface area (TPSA) is 124 Å². The van der Waals surface area contributed by atoms with Crippen molar-refractivity contribution in [1.82, 2.24) is 10.3 Å². The Morgan fingerprint density at radius 2 is 1.77 bits per heavy atom. The Bertz CT molecular complexity index is 615. The number of amides is 1. The van der Waals surface area contributed by atoms with Gasteiger partial charge in [0, 0.05) is 25.9 Å². The maximum absolute atomic E-state index is 11.8. The van der Waals surface area contributed by atoms with Gasteiger partial charge in [-0.3, -0.25) is 10.1 Å². The van der Waals surface area contributed by atoms with Gasteiger partial charge in [0.1, 0.15) is 5.69 Å². The number of anilines is 1. The van der Waals surface area contributed by atoms with E-state index >= 15 is 0 Å². The number of nitrogens with zero attached hydrogens (tertiary/aromatic N) is 2. The molecule has 2 fully saturated rings. The molecule has 9 nitrogen and oxygen atoms in total. The van der Waals surface area contributed by atoms with Crippen molar-refractivity contribution in [3.8, 4) is 0 Å². The Balaban J connectivity index is 0.00000117. The molecule has 0 bridgehead atoms. The Labute approximate surface area is 152 Å².